The Balaban J connectivity index is 2.38. The standard InChI is InChI=1S/C16H17N5O/c17-5-10(6-18)13-9-21(12-3-1-2-4-12)15-11(7-19)8-20-16(22)14(13)15/h5-6,8-10,12,17-18H,1-4H2,(H,20,22). The van der Waals surface area contributed by atoms with Crippen LogP contribution in [0.3, 0.4) is 0 Å². The Bertz CT molecular complexity index is 825. The first-order chi connectivity index (χ1) is 10.7. The molecule has 0 atom stereocenters. The van der Waals surface area contributed by atoms with Gasteiger partial charge >= 0.3 is 0 Å². The summed E-state index contributed by atoms with van der Waals surface area (Å²) in [6, 6.07) is 2.42. The van der Waals surface area contributed by atoms with E-state index in [2.05, 4.69) is 11.1 Å². The zero-order valence-corrected chi connectivity index (χ0v) is 12.1. The highest BCUT2D eigenvalue weighted by atomic mass is 16.1. The molecule has 0 bridgehead atoms. The first kappa shape index (κ1) is 14.3. The average molecular weight is 295 g/mol. The second-order valence-electron chi connectivity index (χ2n) is 5.66. The molecule has 0 saturated heterocycles. The molecule has 1 saturated carbocycles. The molecule has 0 radical (unpaired) electrons. The van der Waals surface area contributed by atoms with Crippen molar-refractivity contribution >= 4 is 23.3 Å². The lowest BCUT2D eigenvalue weighted by Gasteiger charge is -2.13. The van der Waals surface area contributed by atoms with Crippen LogP contribution in [0.25, 0.3) is 10.9 Å². The second-order valence-corrected chi connectivity index (χ2v) is 5.66. The predicted octanol–water partition coefficient (Wildman–Crippen LogP) is 2.70. The molecular weight excluding hydrogens is 278 g/mol. The highest BCUT2D eigenvalue weighted by Crippen LogP contribution is 2.35. The lowest BCUT2D eigenvalue weighted by Crippen LogP contribution is -2.11. The molecule has 0 aliphatic heterocycles. The van der Waals surface area contributed by atoms with Gasteiger partial charge in [0.25, 0.3) is 5.56 Å². The van der Waals surface area contributed by atoms with E-state index in [1.165, 1.54) is 6.20 Å². The van der Waals surface area contributed by atoms with Gasteiger partial charge in [0, 0.05) is 30.9 Å². The number of hydrogen-bond acceptors (Lipinski definition) is 4. The van der Waals surface area contributed by atoms with Gasteiger partial charge in [-0.3, -0.25) is 4.79 Å². The van der Waals surface area contributed by atoms with Gasteiger partial charge in [-0.05, 0) is 18.4 Å². The Hall–Kier alpha value is -2.68. The summed E-state index contributed by atoms with van der Waals surface area (Å²) in [5.74, 6) is -0.541. The number of fused-ring (bicyclic) bond motifs is 1. The summed E-state index contributed by atoms with van der Waals surface area (Å²) in [5, 5.41) is 24.8. The summed E-state index contributed by atoms with van der Waals surface area (Å²) in [7, 11) is 0. The van der Waals surface area contributed by atoms with E-state index >= 15 is 0 Å². The lowest BCUT2D eigenvalue weighted by atomic mass is 10.0. The third-order valence-electron chi connectivity index (χ3n) is 4.45. The Labute approximate surface area is 127 Å². The zero-order valence-electron chi connectivity index (χ0n) is 12.1. The number of H-pyrrole nitrogens is 1. The number of rotatable bonds is 4. The Morgan fingerprint density at radius 2 is 2.05 bits per heavy atom. The molecule has 2 aromatic rings. The molecule has 3 N–H and O–H groups in total. The van der Waals surface area contributed by atoms with Gasteiger partial charge in [-0.15, -0.1) is 0 Å². The predicted molar refractivity (Wildman–Crippen MR) is 85.1 cm³/mol. The quantitative estimate of drug-likeness (QED) is 0.754. The molecule has 0 unspecified atom stereocenters. The van der Waals surface area contributed by atoms with Gasteiger partial charge in [0.05, 0.1) is 22.4 Å². The minimum absolute atomic E-state index is 0.269. The normalized spacial score (nSPS) is 16.5. The van der Waals surface area contributed by atoms with Crippen molar-refractivity contribution in [1.82, 2.24) is 9.55 Å². The number of nitriles is 1. The van der Waals surface area contributed by atoms with Gasteiger partial charge in [0.1, 0.15) is 6.07 Å². The number of nitrogens with zero attached hydrogens (tertiary/aromatic N) is 2. The van der Waals surface area contributed by atoms with Crippen LogP contribution >= 0.6 is 0 Å². The molecule has 0 amide bonds. The Morgan fingerprint density at radius 3 is 2.64 bits per heavy atom. The van der Waals surface area contributed by atoms with E-state index in [1.807, 2.05) is 10.8 Å². The van der Waals surface area contributed by atoms with E-state index in [0.717, 1.165) is 38.1 Å². The number of pyridine rings is 1. The van der Waals surface area contributed by atoms with Crippen LogP contribution in [0.5, 0.6) is 0 Å². The van der Waals surface area contributed by atoms with Crippen molar-refractivity contribution in [2.24, 2.45) is 0 Å². The molecule has 0 aromatic carbocycles. The van der Waals surface area contributed by atoms with E-state index in [1.54, 1.807) is 0 Å². The van der Waals surface area contributed by atoms with Crippen molar-refractivity contribution in [2.75, 3.05) is 0 Å². The maximum atomic E-state index is 12.3. The maximum absolute atomic E-state index is 12.3. The third kappa shape index (κ3) is 2.06. The minimum atomic E-state index is -0.541. The molecule has 3 rings (SSSR count). The summed E-state index contributed by atoms with van der Waals surface area (Å²) >= 11 is 0. The van der Waals surface area contributed by atoms with Crippen LogP contribution < -0.4 is 5.56 Å². The largest absolute Gasteiger partial charge is 0.343 e. The van der Waals surface area contributed by atoms with Crippen LogP contribution in [0.15, 0.2) is 17.2 Å². The fraction of sp³-hybridized carbons (Fsp3) is 0.375. The first-order valence-corrected chi connectivity index (χ1v) is 7.38. The monoisotopic (exact) mass is 295 g/mol. The Kier molecular flexibility index (Phi) is 3.63. The van der Waals surface area contributed by atoms with Crippen LogP contribution in [0.4, 0.5) is 0 Å². The van der Waals surface area contributed by atoms with Crippen LogP contribution in [-0.4, -0.2) is 22.0 Å². The van der Waals surface area contributed by atoms with Crippen molar-refractivity contribution in [2.45, 2.75) is 37.6 Å². The van der Waals surface area contributed by atoms with Crippen molar-refractivity contribution in [3.8, 4) is 6.07 Å². The van der Waals surface area contributed by atoms with Crippen molar-refractivity contribution in [3.05, 3.63) is 33.9 Å². The first-order valence-electron chi connectivity index (χ1n) is 7.38. The van der Waals surface area contributed by atoms with E-state index in [-0.39, 0.29) is 11.6 Å². The molecule has 1 fully saturated rings. The highest BCUT2D eigenvalue weighted by molar-refractivity contribution is 5.97. The average Bonchev–Trinajstić information content (AvgIpc) is 3.17. The third-order valence-corrected chi connectivity index (χ3v) is 4.45. The van der Waals surface area contributed by atoms with E-state index < -0.39 is 5.92 Å². The maximum Gasteiger partial charge on any atom is 0.257 e. The fourth-order valence-electron chi connectivity index (χ4n) is 3.37. The summed E-state index contributed by atoms with van der Waals surface area (Å²) < 4.78 is 2.02. The smallest absolute Gasteiger partial charge is 0.257 e. The van der Waals surface area contributed by atoms with Crippen molar-refractivity contribution in [3.63, 3.8) is 0 Å². The zero-order chi connectivity index (χ0) is 15.7. The van der Waals surface area contributed by atoms with Crippen LogP contribution in [0, 0.1) is 22.1 Å². The van der Waals surface area contributed by atoms with Gasteiger partial charge in [0.15, 0.2) is 0 Å². The van der Waals surface area contributed by atoms with Crippen LogP contribution in [-0.2, 0) is 0 Å². The molecule has 1 aliphatic rings. The van der Waals surface area contributed by atoms with Gasteiger partial charge < -0.3 is 20.4 Å². The minimum Gasteiger partial charge on any atom is -0.343 e. The fourth-order valence-corrected chi connectivity index (χ4v) is 3.37. The molecule has 22 heavy (non-hydrogen) atoms. The molecule has 6 nitrogen and oxygen atoms in total. The van der Waals surface area contributed by atoms with E-state index in [9.17, 15) is 10.1 Å². The lowest BCUT2D eigenvalue weighted by molar-refractivity contribution is 0.534. The van der Waals surface area contributed by atoms with Gasteiger partial charge in [-0.25, -0.2) is 0 Å². The summed E-state index contributed by atoms with van der Waals surface area (Å²) in [5.41, 5.74) is 1.43. The van der Waals surface area contributed by atoms with Crippen molar-refractivity contribution in [1.29, 1.82) is 16.1 Å². The van der Waals surface area contributed by atoms with Crippen LogP contribution in [0.2, 0.25) is 0 Å². The number of hydrogen-bond donors (Lipinski definition) is 3. The molecule has 2 aromatic heterocycles. The second kappa shape index (κ2) is 5.60. The SMILES string of the molecule is N#Cc1c[nH]c(=O)c2c(C(C=N)C=N)cn(C3CCCC3)c12. The Morgan fingerprint density at radius 1 is 1.36 bits per heavy atom. The summed E-state index contributed by atoms with van der Waals surface area (Å²) in [6.07, 6.45) is 9.95. The van der Waals surface area contributed by atoms with E-state index in [0.29, 0.717) is 22.0 Å². The summed E-state index contributed by atoms with van der Waals surface area (Å²) in [6.45, 7) is 0. The summed E-state index contributed by atoms with van der Waals surface area (Å²) in [4.78, 5) is 14.9. The van der Waals surface area contributed by atoms with Crippen LogP contribution in [0.1, 0.15) is 48.8 Å². The van der Waals surface area contributed by atoms with Gasteiger partial charge in [-0.2, -0.15) is 5.26 Å². The molecule has 112 valence electrons. The topological polar surface area (TPSA) is 109 Å². The highest BCUT2D eigenvalue weighted by Gasteiger charge is 2.25. The number of aromatic nitrogens is 2. The van der Waals surface area contributed by atoms with Gasteiger partial charge in [-0.1, -0.05) is 12.8 Å². The molecule has 0 spiro atoms. The number of nitrogens with one attached hydrogen (secondary N) is 3. The molecular formula is C16H17N5O. The van der Waals surface area contributed by atoms with Gasteiger partial charge in [0.2, 0.25) is 0 Å². The molecule has 2 heterocycles. The molecule has 1 aliphatic carbocycles. The number of aromatic amines is 1. The van der Waals surface area contributed by atoms with E-state index in [4.69, 9.17) is 10.8 Å². The molecule has 6 heteroatoms. The van der Waals surface area contributed by atoms with Crippen molar-refractivity contribution < 1.29 is 0 Å².